The van der Waals surface area contributed by atoms with Crippen LogP contribution in [0.4, 0.5) is 0 Å². The molecule has 0 atom stereocenters. The summed E-state index contributed by atoms with van der Waals surface area (Å²) < 4.78 is 4.79. The number of carbonyl (C=O) groups is 1. The van der Waals surface area contributed by atoms with Crippen LogP contribution in [-0.4, -0.2) is 25.7 Å². The molecule has 3 nitrogen and oxygen atoms in total. The van der Waals surface area contributed by atoms with Gasteiger partial charge in [0.2, 0.25) is 0 Å². The van der Waals surface area contributed by atoms with Crippen molar-refractivity contribution < 1.29 is 9.53 Å². The summed E-state index contributed by atoms with van der Waals surface area (Å²) in [5.41, 5.74) is 0. The molecule has 1 aliphatic carbocycles. The molecule has 1 saturated carbocycles. The third kappa shape index (κ3) is 4.34. The minimum Gasteiger partial charge on any atom is -0.466 e. The standard InChI is InChI=1S/C9H17NO2/c1-2-12-9(11)5-6-10-7-8-3-4-8/h8,10H,2-7H2,1H3. The molecular weight excluding hydrogens is 154 g/mol. The second-order valence-corrected chi connectivity index (χ2v) is 3.20. The van der Waals surface area contributed by atoms with Crippen molar-refractivity contribution in [2.45, 2.75) is 26.2 Å². The highest BCUT2D eigenvalue weighted by Crippen LogP contribution is 2.27. The minimum absolute atomic E-state index is 0.0965. The van der Waals surface area contributed by atoms with Crippen molar-refractivity contribution in [1.29, 1.82) is 0 Å². The van der Waals surface area contributed by atoms with Crippen molar-refractivity contribution in [3.63, 3.8) is 0 Å². The largest absolute Gasteiger partial charge is 0.466 e. The molecule has 0 spiro atoms. The smallest absolute Gasteiger partial charge is 0.307 e. The first kappa shape index (κ1) is 9.52. The van der Waals surface area contributed by atoms with E-state index in [1.807, 2.05) is 6.92 Å². The second kappa shape index (κ2) is 5.14. The van der Waals surface area contributed by atoms with Gasteiger partial charge in [0.05, 0.1) is 13.0 Å². The third-order valence-electron chi connectivity index (χ3n) is 1.94. The number of hydrogen-bond acceptors (Lipinski definition) is 3. The Kier molecular flexibility index (Phi) is 4.08. The Hall–Kier alpha value is -0.570. The van der Waals surface area contributed by atoms with Gasteiger partial charge in [-0.15, -0.1) is 0 Å². The van der Waals surface area contributed by atoms with Gasteiger partial charge in [-0.1, -0.05) is 0 Å². The van der Waals surface area contributed by atoms with Gasteiger partial charge < -0.3 is 10.1 Å². The van der Waals surface area contributed by atoms with Crippen molar-refractivity contribution in [3.05, 3.63) is 0 Å². The lowest BCUT2D eigenvalue weighted by molar-refractivity contribution is -0.142. The summed E-state index contributed by atoms with van der Waals surface area (Å²) in [4.78, 5) is 10.8. The van der Waals surface area contributed by atoms with Gasteiger partial charge in [-0.3, -0.25) is 4.79 Å². The monoisotopic (exact) mass is 171 g/mol. The number of carbonyl (C=O) groups excluding carboxylic acids is 1. The fraction of sp³-hybridized carbons (Fsp3) is 0.889. The topological polar surface area (TPSA) is 38.3 Å². The lowest BCUT2D eigenvalue weighted by Gasteiger charge is -2.02. The summed E-state index contributed by atoms with van der Waals surface area (Å²) in [5, 5.41) is 3.24. The molecule has 3 heteroatoms. The molecule has 0 aliphatic heterocycles. The highest BCUT2D eigenvalue weighted by Gasteiger charge is 2.20. The maximum Gasteiger partial charge on any atom is 0.307 e. The maximum absolute atomic E-state index is 10.8. The minimum atomic E-state index is -0.0965. The molecule has 1 rings (SSSR count). The zero-order valence-electron chi connectivity index (χ0n) is 7.64. The summed E-state index contributed by atoms with van der Waals surface area (Å²) in [7, 11) is 0. The van der Waals surface area contributed by atoms with E-state index in [0.29, 0.717) is 13.0 Å². The van der Waals surface area contributed by atoms with E-state index in [0.717, 1.165) is 19.0 Å². The average Bonchev–Trinajstić information content (AvgIpc) is 2.82. The van der Waals surface area contributed by atoms with Gasteiger partial charge in [-0.2, -0.15) is 0 Å². The second-order valence-electron chi connectivity index (χ2n) is 3.20. The number of rotatable bonds is 6. The quantitative estimate of drug-likeness (QED) is 0.477. The summed E-state index contributed by atoms with van der Waals surface area (Å²) in [5.74, 6) is 0.785. The van der Waals surface area contributed by atoms with Gasteiger partial charge in [0, 0.05) is 6.54 Å². The molecule has 1 fully saturated rings. The molecule has 0 unspecified atom stereocenters. The molecular formula is C9H17NO2. The number of hydrogen-bond donors (Lipinski definition) is 1. The predicted octanol–water partition coefficient (Wildman–Crippen LogP) is 0.939. The van der Waals surface area contributed by atoms with E-state index in [1.165, 1.54) is 12.8 Å². The number of nitrogens with one attached hydrogen (secondary N) is 1. The summed E-state index contributed by atoms with van der Waals surface area (Å²) in [6, 6.07) is 0. The van der Waals surface area contributed by atoms with Crippen LogP contribution in [0.3, 0.4) is 0 Å². The van der Waals surface area contributed by atoms with E-state index in [-0.39, 0.29) is 5.97 Å². The maximum atomic E-state index is 10.8. The van der Waals surface area contributed by atoms with Crippen LogP contribution in [0.15, 0.2) is 0 Å². The molecule has 70 valence electrons. The number of esters is 1. The zero-order valence-corrected chi connectivity index (χ0v) is 7.64. The molecule has 0 aromatic heterocycles. The van der Waals surface area contributed by atoms with Crippen LogP contribution in [-0.2, 0) is 9.53 Å². The highest BCUT2D eigenvalue weighted by molar-refractivity contribution is 5.69. The van der Waals surface area contributed by atoms with Gasteiger partial charge in [0.25, 0.3) is 0 Å². The van der Waals surface area contributed by atoms with Crippen LogP contribution >= 0.6 is 0 Å². The van der Waals surface area contributed by atoms with Crippen LogP contribution in [0, 0.1) is 5.92 Å². The Morgan fingerprint density at radius 3 is 2.92 bits per heavy atom. The van der Waals surface area contributed by atoms with Gasteiger partial charge in [-0.25, -0.2) is 0 Å². The summed E-state index contributed by atoms with van der Waals surface area (Å²) in [6.45, 7) is 4.14. The summed E-state index contributed by atoms with van der Waals surface area (Å²) in [6.07, 6.45) is 3.21. The Bertz CT molecular complexity index is 143. The first-order valence-electron chi connectivity index (χ1n) is 4.69. The number of ether oxygens (including phenoxy) is 1. The fourth-order valence-corrected chi connectivity index (χ4v) is 1.05. The molecule has 12 heavy (non-hydrogen) atoms. The van der Waals surface area contributed by atoms with Crippen LogP contribution in [0.1, 0.15) is 26.2 Å². The average molecular weight is 171 g/mol. The normalized spacial score (nSPS) is 16.1. The van der Waals surface area contributed by atoms with Crippen LogP contribution in [0.25, 0.3) is 0 Å². The predicted molar refractivity (Wildman–Crippen MR) is 46.8 cm³/mol. The van der Waals surface area contributed by atoms with E-state index < -0.39 is 0 Å². The zero-order chi connectivity index (χ0) is 8.81. The van der Waals surface area contributed by atoms with E-state index in [4.69, 9.17) is 4.74 Å². The van der Waals surface area contributed by atoms with Crippen LogP contribution in [0.5, 0.6) is 0 Å². The van der Waals surface area contributed by atoms with Crippen molar-refractivity contribution in [1.82, 2.24) is 5.32 Å². The molecule has 0 heterocycles. The van der Waals surface area contributed by atoms with E-state index in [9.17, 15) is 4.79 Å². The SMILES string of the molecule is CCOC(=O)CCNCC1CC1. The van der Waals surface area contributed by atoms with Crippen LogP contribution < -0.4 is 5.32 Å². The molecule has 0 bridgehead atoms. The van der Waals surface area contributed by atoms with Crippen molar-refractivity contribution >= 4 is 5.97 Å². The highest BCUT2D eigenvalue weighted by atomic mass is 16.5. The summed E-state index contributed by atoms with van der Waals surface area (Å²) >= 11 is 0. The van der Waals surface area contributed by atoms with Gasteiger partial charge in [-0.05, 0) is 32.2 Å². The van der Waals surface area contributed by atoms with Crippen molar-refractivity contribution in [3.8, 4) is 0 Å². The lowest BCUT2D eigenvalue weighted by Crippen LogP contribution is -2.21. The molecule has 1 N–H and O–H groups in total. The van der Waals surface area contributed by atoms with Crippen LogP contribution in [0.2, 0.25) is 0 Å². The third-order valence-corrected chi connectivity index (χ3v) is 1.94. The van der Waals surface area contributed by atoms with Gasteiger partial charge in [0.15, 0.2) is 0 Å². The first-order valence-corrected chi connectivity index (χ1v) is 4.69. The van der Waals surface area contributed by atoms with Gasteiger partial charge >= 0.3 is 5.97 Å². The van der Waals surface area contributed by atoms with Gasteiger partial charge in [0.1, 0.15) is 0 Å². The Labute approximate surface area is 73.5 Å². The molecule has 1 aliphatic rings. The molecule has 0 amide bonds. The molecule has 0 aromatic carbocycles. The van der Waals surface area contributed by atoms with Crippen molar-refractivity contribution in [2.75, 3.05) is 19.7 Å². The first-order chi connectivity index (χ1) is 5.83. The molecule has 0 aromatic rings. The van der Waals surface area contributed by atoms with E-state index >= 15 is 0 Å². The Morgan fingerprint density at radius 2 is 2.33 bits per heavy atom. The lowest BCUT2D eigenvalue weighted by atomic mass is 10.4. The molecule has 0 radical (unpaired) electrons. The van der Waals surface area contributed by atoms with Crippen molar-refractivity contribution in [2.24, 2.45) is 5.92 Å². The van der Waals surface area contributed by atoms with E-state index in [2.05, 4.69) is 5.32 Å². The molecule has 0 saturated heterocycles. The Morgan fingerprint density at radius 1 is 1.58 bits per heavy atom. The van der Waals surface area contributed by atoms with E-state index in [1.54, 1.807) is 0 Å². The Balaban J connectivity index is 1.83. The fourth-order valence-electron chi connectivity index (χ4n) is 1.05.